The lowest BCUT2D eigenvalue weighted by Crippen LogP contribution is -2.43. The summed E-state index contributed by atoms with van der Waals surface area (Å²) in [5.41, 5.74) is 0. The third-order valence-electron chi connectivity index (χ3n) is 1.53. The largest absolute Gasteiger partial charge is 0.314 e. The van der Waals surface area contributed by atoms with Crippen molar-refractivity contribution in [3.05, 3.63) is 0 Å². The van der Waals surface area contributed by atoms with Crippen LogP contribution in [0.4, 0.5) is 0 Å². The van der Waals surface area contributed by atoms with Crippen LogP contribution in [0.3, 0.4) is 0 Å². The van der Waals surface area contributed by atoms with Gasteiger partial charge in [0.15, 0.2) is 10.7 Å². The van der Waals surface area contributed by atoms with Gasteiger partial charge in [-0.3, -0.25) is 4.90 Å². The molecule has 0 aliphatic carbocycles. The molecule has 0 aromatic carbocycles. The normalized spacial score (nSPS) is 19.7. The molecule has 0 atom stereocenters. The first-order valence-corrected chi connectivity index (χ1v) is 4.70. The van der Waals surface area contributed by atoms with Crippen molar-refractivity contribution in [3.63, 3.8) is 0 Å². The van der Waals surface area contributed by atoms with Crippen LogP contribution in [0.2, 0.25) is 0 Å². The van der Waals surface area contributed by atoms with Gasteiger partial charge in [0.25, 0.3) is 0 Å². The van der Waals surface area contributed by atoms with Crippen LogP contribution in [0.5, 0.6) is 0 Å². The number of nitrogens with one attached hydrogen (secondary N) is 1. The van der Waals surface area contributed by atoms with Crippen molar-refractivity contribution in [2.24, 2.45) is 0 Å². The van der Waals surface area contributed by atoms with Gasteiger partial charge in [-0.2, -0.15) is 0 Å². The van der Waals surface area contributed by atoms with Crippen molar-refractivity contribution < 1.29 is 8.42 Å². The average molecular weight is 201 g/mol. The molecule has 0 radical (unpaired) electrons. The molecule has 1 aliphatic heterocycles. The van der Waals surface area contributed by atoms with E-state index in [2.05, 4.69) is 5.32 Å². The van der Waals surface area contributed by atoms with Crippen LogP contribution in [0, 0.1) is 0 Å². The van der Waals surface area contributed by atoms with Gasteiger partial charge in [-0.05, 0) is 0 Å². The van der Waals surface area contributed by atoms with Crippen molar-refractivity contribution in [2.75, 3.05) is 32.1 Å². The van der Waals surface area contributed by atoms with Crippen molar-refractivity contribution in [2.45, 2.75) is 0 Å². The molecule has 1 fully saturated rings. The van der Waals surface area contributed by atoms with Crippen LogP contribution >= 0.6 is 12.4 Å². The maximum atomic E-state index is 10.2. The predicted molar refractivity (Wildman–Crippen MR) is 46.9 cm³/mol. The standard InChI is InChI=1S/C5H12N2O2S.ClH/c8-10(9)5-7-3-1-6-2-4-7;/h6,10H,1-5H2;1H. The smallest absolute Gasteiger partial charge is 0.153 e. The summed E-state index contributed by atoms with van der Waals surface area (Å²) in [4.78, 5) is 1.93. The third kappa shape index (κ3) is 4.58. The second-order valence-corrected chi connectivity index (χ2v) is 3.29. The maximum absolute atomic E-state index is 10.2. The molecule has 0 amide bonds. The molecule has 1 rings (SSSR count). The Morgan fingerprint density at radius 3 is 2.27 bits per heavy atom. The quantitative estimate of drug-likeness (QED) is 0.555. The lowest BCUT2D eigenvalue weighted by molar-refractivity contribution is 0.276. The van der Waals surface area contributed by atoms with Crippen molar-refractivity contribution >= 4 is 23.1 Å². The fourth-order valence-corrected chi connectivity index (χ4v) is 1.63. The molecule has 0 spiro atoms. The molecule has 0 aromatic heterocycles. The molecule has 1 heterocycles. The predicted octanol–water partition coefficient (Wildman–Crippen LogP) is -1.12. The maximum Gasteiger partial charge on any atom is 0.153 e. The van der Waals surface area contributed by atoms with Gasteiger partial charge in [0.1, 0.15) is 0 Å². The molecule has 11 heavy (non-hydrogen) atoms. The minimum Gasteiger partial charge on any atom is -0.314 e. The molecule has 0 bridgehead atoms. The second kappa shape index (κ2) is 5.77. The summed E-state index contributed by atoms with van der Waals surface area (Å²) in [5.74, 6) is 0.219. The Morgan fingerprint density at radius 1 is 1.27 bits per heavy atom. The Balaban J connectivity index is 0.000001000. The number of rotatable bonds is 2. The molecule has 1 N–H and O–H groups in total. The molecule has 0 aromatic rings. The molecule has 1 saturated heterocycles. The van der Waals surface area contributed by atoms with Gasteiger partial charge in [-0.15, -0.1) is 12.4 Å². The topological polar surface area (TPSA) is 49.4 Å². The number of nitrogens with zero attached hydrogens (tertiary/aromatic N) is 1. The van der Waals surface area contributed by atoms with E-state index in [1.807, 2.05) is 4.90 Å². The van der Waals surface area contributed by atoms with Gasteiger partial charge in [-0.25, -0.2) is 8.42 Å². The van der Waals surface area contributed by atoms with Crippen LogP contribution in [-0.2, 0) is 10.7 Å². The van der Waals surface area contributed by atoms with E-state index in [4.69, 9.17) is 0 Å². The van der Waals surface area contributed by atoms with E-state index >= 15 is 0 Å². The highest BCUT2D eigenvalue weighted by atomic mass is 35.5. The number of thiol groups is 1. The number of piperazine rings is 1. The summed E-state index contributed by atoms with van der Waals surface area (Å²) < 4.78 is 20.5. The Bertz CT molecular complexity index is 160. The molecular weight excluding hydrogens is 188 g/mol. The fraction of sp³-hybridized carbons (Fsp3) is 1.00. The minimum atomic E-state index is -2.23. The van der Waals surface area contributed by atoms with Gasteiger partial charge in [0.05, 0.1) is 5.88 Å². The Labute approximate surface area is 74.3 Å². The SMILES string of the molecule is Cl.O=[SH](=O)CN1CCNCC1. The Kier molecular flexibility index (Phi) is 5.85. The van der Waals surface area contributed by atoms with E-state index in [9.17, 15) is 8.42 Å². The van der Waals surface area contributed by atoms with Crippen molar-refractivity contribution in [3.8, 4) is 0 Å². The molecule has 6 heteroatoms. The van der Waals surface area contributed by atoms with Crippen LogP contribution in [0.15, 0.2) is 0 Å². The summed E-state index contributed by atoms with van der Waals surface area (Å²) in [7, 11) is -2.23. The molecule has 0 saturated carbocycles. The fourth-order valence-electron chi connectivity index (χ4n) is 1.02. The zero-order valence-electron chi connectivity index (χ0n) is 6.15. The summed E-state index contributed by atoms with van der Waals surface area (Å²) in [5, 5.41) is 3.15. The van der Waals surface area contributed by atoms with Gasteiger partial charge in [-0.1, -0.05) is 0 Å². The molecule has 68 valence electrons. The average Bonchev–Trinajstić information content (AvgIpc) is 1.88. The van der Waals surface area contributed by atoms with Gasteiger partial charge in [0.2, 0.25) is 0 Å². The zero-order chi connectivity index (χ0) is 7.40. The first kappa shape index (κ1) is 11.2. The van der Waals surface area contributed by atoms with Crippen LogP contribution in [0.1, 0.15) is 0 Å². The summed E-state index contributed by atoms with van der Waals surface area (Å²) in [6, 6.07) is 0. The van der Waals surface area contributed by atoms with Crippen molar-refractivity contribution in [1.29, 1.82) is 0 Å². The molecular formula is C5H13ClN2O2S. The summed E-state index contributed by atoms with van der Waals surface area (Å²) in [6.45, 7) is 3.51. The van der Waals surface area contributed by atoms with E-state index in [0.29, 0.717) is 0 Å². The first-order chi connectivity index (χ1) is 4.79. The number of halogens is 1. The monoisotopic (exact) mass is 200 g/mol. The van der Waals surface area contributed by atoms with Crippen molar-refractivity contribution in [1.82, 2.24) is 10.2 Å². The molecule has 4 nitrogen and oxygen atoms in total. The van der Waals surface area contributed by atoms with Gasteiger partial charge >= 0.3 is 0 Å². The van der Waals surface area contributed by atoms with E-state index in [1.54, 1.807) is 0 Å². The van der Waals surface area contributed by atoms with Crippen LogP contribution < -0.4 is 5.32 Å². The van der Waals surface area contributed by atoms with Gasteiger partial charge in [0, 0.05) is 26.2 Å². The molecule has 1 aliphatic rings. The van der Waals surface area contributed by atoms with Crippen LogP contribution in [0.25, 0.3) is 0 Å². The summed E-state index contributed by atoms with van der Waals surface area (Å²) >= 11 is 0. The summed E-state index contributed by atoms with van der Waals surface area (Å²) in [6.07, 6.45) is 0. The number of hydrogen-bond donors (Lipinski definition) is 2. The highest BCUT2D eigenvalue weighted by molar-refractivity contribution is 7.72. The lowest BCUT2D eigenvalue weighted by Gasteiger charge is -2.24. The molecule has 0 unspecified atom stereocenters. The zero-order valence-corrected chi connectivity index (χ0v) is 7.87. The highest BCUT2D eigenvalue weighted by Crippen LogP contribution is 1.90. The van der Waals surface area contributed by atoms with Crippen LogP contribution in [-0.4, -0.2) is 45.4 Å². The Hall–Kier alpha value is 0.160. The first-order valence-electron chi connectivity index (χ1n) is 3.34. The van der Waals surface area contributed by atoms with E-state index in [1.165, 1.54) is 0 Å². The van der Waals surface area contributed by atoms with E-state index < -0.39 is 10.7 Å². The minimum absolute atomic E-state index is 0. The Morgan fingerprint density at radius 2 is 1.82 bits per heavy atom. The highest BCUT2D eigenvalue weighted by Gasteiger charge is 2.08. The van der Waals surface area contributed by atoms with E-state index in [-0.39, 0.29) is 18.3 Å². The van der Waals surface area contributed by atoms with E-state index in [0.717, 1.165) is 26.2 Å². The number of hydrogen-bond acceptors (Lipinski definition) is 4. The lowest BCUT2D eigenvalue weighted by atomic mass is 10.4. The third-order valence-corrected chi connectivity index (χ3v) is 2.16. The van der Waals surface area contributed by atoms with Gasteiger partial charge < -0.3 is 5.32 Å². The second-order valence-electron chi connectivity index (χ2n) is 2.34.